The molecule has 0 amide bonds. The SMILES string of the molecule is COc1ccc(/C=C\c2nn3c(-c4ccc(N(C)C)cc4)nnc3s2)cc1. The number of ether oxygens (including phenoxy) is 1. The third kappa shape index (κ3) is 3.54. The standard InChI is InChI=1S/C20H19N5OS/c1-24(2)16-9-7-15(8-10-16)19-21-22-20-25(19)23-18(27-20)13-6-14-4-11-17(26-3)12-5-14/h4-13H,1-3H3/b13-6-. The molecule has 2 heterocycles. The van der Waals surface area contributed by atoms with E-state index in [1.165, 1.54) is 11.3 Å². The zero-order chi connectivity index (χ0) is 18.8. The quantitative estimate of drug-likeness (QED) is 0.524. The van der Waals surface area contributed by atoms with Gasteiger partial charge in [-0.3, -0.25) is 0 Å². The molecule has 0 aliphatic heterocycles. The summed E-state index contributed by atoms with van der Waals surface area (Å²) in [5.41, 5.74) is 3.21. The fourth-order valence-corrected chi connectivity index (χ4v) is 3.41. The van der Waals surface area contributed by atoms with Crippen LogP contribution in [0.15, 0.2) is 48.5 Å². The lowest BCUT2D eigenvalue weighted by Gasteiger charge is -2.11. The van der Waals surface area contributed by atoms with Crippen molar-refractivity contribution < 1.29 is 4.74 Å². The molecule has 0 N–H and O–H groups in total. The molecule has 0 atom stereocenters. The fourth-order valence-electron chi connectivity index (χ4n) is 2.67. The van der Waals surface area contributed by atoms with Gasteiger partial charge in [0.15, 0.2) is 5.82 Å². The summed E-state index contributed by atoms with van der Waals surface area (Å²) < 4.78 is 6.98. The average Bonchev–Trinajstić information content (AvgIpc) is 3.27. The Morgan fingerprint density at radius 2 is 1.70 bits per heavy atom. The Morgan fingerprint density at radius 1 is 0.963 bits per heavy atom. The number of aromatic nitrogens is 4. The van der Waals surface area contributed by atoms with Gasteiger partial charge in [0.2, 0.25) is 4.96 Å². The molecule has 2 aromatic carbocycles. The van der Waals surface area contributed by atoms with Crippen LogP contribution in [0, 0.1) is 0 Å². The van der Waals surface area contributed by atoms with E-state index in [9.17, 15) is 0 Å². The minimum atomic E-state index is 0.746. The Morgan fingerprint density at radius 3 is 2.37 bits per heavy atom. The van der Waals surface area contributed by atoms with Gasteiger partial charge in [0.1, 0.15) is 10.8 Å². The van der Waals surface area contributed by atoms with Gasteiger partial charge in [-0.05, 0) is 48.0 Å². The van der Waals surface area contributed by atoms with E-state index >= 15 is 0 Å². The molecule has 0 aliphatic rings. The molecule has 136 valence electrons. The molecule has 0 saturated carbocycles. The van der Waals surface area contributed by atoms with Gasteiger partial charge in [-0.15, -0.1) is 10.2 Å². The second-order valence-electron chi connectivity index (χ2n) is 6.21. The van der Waals surface area contributed by atoms with Crippen LogP contribution in [0.4, 0.5) is 5.69 Å². The summed E-state index contributed by atoms with van der Waals surface area (Å²) in [6.45, 7) is 0. The Hall–Kier alpha value is -3.19. The molecule has 7 heteroatoms. The summed E-state index contributed by atoms with van der Waals surface area (Å²) in [6.07, 6.45) is 4.01. The summed E-state index contributed by atoms with van der Waals surface area (Å²) in [6, 6.07) is 16.1. The minimum absolute atomic E-state index is 0.746. The third-order valence-electron chi connectivity index (χ3n) is 4.18. The summed E-state index contributed by atoms with van der Waals surface area (Å²) in [7, 11) is 5.70. The van der Waals surface area contributed by atoms with Crippen molar-refractivity contribution in [2.75, 3.05) is 26.1 Å². The van der Waals surface area contributed by atoms with Crippen molar-refractivity contribution in [3.05, 3.63) is 59.1 Å². The fraction of sp³-hybridized carbons (Fsp3) is 0.150. The predicted molar refractivity (Wildman–Crippen MR) is 110 cm³/mol. The molecule has 0 saturated heterocycles. The lowest BCUT2D eigenvalue weighted by atomic mass is 10.2. The molecule has 4 aromatic rings. The van der Waals surface area contributed by atoms with E-state index in [0.29, 0.717) is 0 Å². The van der Waals surface area contributed by atoms with Gasteiger partial charge in [-0.25, -0.2) is 0 Å². The van der Waals surface area contributed by atoms with Crippen LogP contribution in [-0.2, 0) is 0 Å². The largest absolute Gasteiger partial charge is 0.497 e. The van der Waals surface area contributed by atoms with E-state index in [4.69, 9.17) is 4.74 Å². The molecule has 0 radical (unpaired) electrons. The summed E-state index contributed by atoms with van der Waals surface area (Å²) in [5.74, 6) is 1.59. The maximum atomic E-state index is 5.18. The van der Waals surface area contributed by atoms with Crippen molar-refractivity contribution in [1.82, 2.24) is 19.8 Å². The molecule has 0 fully saturated rings. The third-order valence-corrected chi connectivity index (χ3v) is 5.05. The topological polar surface area (TPSA) is 55.6 Å². The van der Waals surface area contributed by atoms with Gasteiger partial charge in [0.05, 0.1) is 7.11 Å². The second kappa shape index (κ2) is 7.20. The molecule has 6 nitrogen and oxygen atoms in total. The zero-order valence-electron chi connectivity index (χ0n) is 15.3. The van der Waals surface area contributed by atoms with Crippen molar-refractivity contribution in [1.29, 1.82) is 0 Å². The van der Waals surface area contributed by atoms with Crippen molar-refractivity contribution in [3.63, 3.8) is 0 Å². The number of hydrogen-bond donors (Lipinski definition) is 0. The number of rotatable bonds is 5. The second-order valence-corrected chi connectivity index (χ2v) is 7.19. The average molecular weight is 377 g/mol. The number of nitrogens with zero attached hydrogens (tertiary/aromatic N) is 5. The normalized spacial score (nSPS) is 11.4. The summed E-state index contributed by atoms with van der Waals surface area (Å²) >= 11 is 1.51. The summed E-state index contributed by atoms with van der Waals surface area (Å²) in [5, 5.41) is 14.1. The highest BCUT2D eigenvalue weighted by atomic mass is 32.1. The Labute approximate surface area is 161 Å². The predicted octanol–water partition coefficient (Wildman–Crippen LogP) is 4.10. The van der Waals surface area contributed by atoms with Crippen molar-refractivity contribution in [2.45, 2.75) is 0 Å². The molecule has 4 rings (SSSR count). The number of anilines is 1. The molecule has 2 aromatic heterocycles. The van der Waals surface area contributed by atoms with Crippen LogP contribution in [0.1, 0.15) is 10.6 Å². The number of methoxy groups -OCH3 is 1. The van der Waals surface area contributed by atoms with Crippen molar-refractivity contribution in [3.8, 4) is 17.1 Å². The van der Waals surface area contributed by atoms with E-state index in [0.717, 1.165) is 38.4 Å². The minimum Gasteiger partial charge on any atom is -0.497 e. The van der Waals surface area contributed by atoms with Crippen LogP contribution >= 0.6 is 11.3 Å². The van der Waals surface area contributed by atoms with Crippen LogP contribution in [-0.4, -0.2) is 41.0 Å². The van der Waals surface area contributed by atoms with Crippen LogP contribution in [0.3, 0.4) is 0 Å². The lowest BCUT2D eigenvalue weighted by Crippen LogP contribution is -2.08. The Bertz CT molecular complexity index is 1080. The highest BCUT2D eigenvalue weighted by molar-refractivity contribution is 7.17. The smallest absolute Gasteiger partial charge is 0.235 e. The van der Waals surface area contributed by atoms with Gasteiger partial charge >= 0.3 is 0 Å². The van der Waals surface area contributed by atoms with E-state index in [1.807, 2.05) is 62.6 Å². The highest BCUT2D eigenvalue weighted by Crippen LogP contribution is 2.24. The molecule has 0 bridgehead atoms. The van der Waals surface area contributed by atoms with Crippen LogP contribution in [0.2, 0.25) is 0 Å². The van der Waals surface area contributed by atoms with Crippen LogP contribution < -0.4 is 9.64 Å². The van der Waals surface area contributed by atoms with Crippen molar-refractivity contribution >= 4 is 34.1 Å². The van der Waals surface area contributed by atoms with E-state index in [1.54, 1.807) is 11.6 Å². The number of fused-ring (bicyclic) bond motifs is 1. The number of benzene rings is 2. The van der Waals surface area contributed by atoms with Gasteiger partial charge < -0.3 is 9.64 Å². The zero-order valence-corrected chi connectivity index (χ0v) is 16.1. The maximum absolute atomic E-state index is 5.18. The molecular formula is C20H19N5OS. The summed E-state index contributed by atoms with van der Waals surface area (Å²) in [4.78, 5) is 2.84. The molecule has 0 unspecified atom stereocenters. The molecule has 27 heavy (non-hydrogen) atoms. The van der Waals surface area contributed by atoms with Gasteiger partial charge in [-0.2, -0.15) is 9.61 Å². The molecular weight excluding hydrogens is 358 g/mol. The van der Waals surface area contributed by atoms with Crippen molar-refractivity contribution in [2.24, 2.45) is 0 Å². The molecule has 0 spiro atoms. The Kier molecular flexibility index (Phi) is 4.60. The lowest BCUT2D eigenvalue weighted by molar-refractivity contribution is 0.415. The first-order valence-corrected chi connectivity index (χ1v) is 9.28. The van der Waals surface area contributed by atoms with Gasteiger partial charge in [-0.1, -0.05) is 29.5 Å². The maximum Gasteiger partial charge on any atom is 0.235 e. The molecule has 0 aliphatic carbocycles. The van der Waals surface area contributed by atoms with E-state index in [-0.39, 0.29) is 0 Å². The monoisotopic (exact) mass is 377 g/mol. The highest BCUT2D eigenvalue weighted by Gasteiger charge is 2.12. The number of hydrogen-bond acceptors (Lipinski definition) is 6. The van der Waals surface area contributed by atoms with Crippen LogP contribution in [0.5, 0.6) is 5.75 Å². The van der Waals surface area contributed by atoms with Crippen LogP contribution in [0.25, 0.3) is 28.5 Å². The van der Waals surface area contributed by atoms with E-state index in [2.05, 4.69) is 32.3 Å². The first-order valence-electron chi connectivity index (χ1n) is 8.46. The first-order chi connectivity index (χ1) is 13.1. The Balaban J connectivity index is 1.60. The first kappa shape index (κ1) is 17.2. The van der Waals surface area contributed by atoms with Gasteiger partial charge in [0.25, 0.3) is 0 Å². The van der Waals surface area contributed by atoms with Gasteiger partial charge in [0, 0.05) is 25.3 Å². The van der Waals surface area contributed by atoms with E-state index < -0.39 is 0 Å².